The zero-order chi connectivity index (χ0) is 18.0. The highest BCUT2D eigenvalue weighted by Crippen LogP contribution is 2.33. The molecule has 3 aromatic heterocycles. The van der Waals surface area contributed by atoms with Crippen LogP contribution in [0.3, 0.4) is 0 Å². The standard InChI is InChI=1S/C24H17N3/c1-26-20-11-5-2-10-18(20)19-14-24(25-15-23(19)26)27-21-12-6-3-8-16(21)17-9-4-7-13-22(17)27/h2-15H,1H3. The summed E-state index contributed by atoms with van der Waals surface area (Å²) in [4.78, 5) is 4.85. The van der Waals surface area contributed by atoms with Crippen LogP contribution >= 0.6 is 0 Å². The van der Waals surface area contributed by atoms with Crippen molar-refractivity contribution >= 4 is 43.6 Å². The predicted molar refractivity (Wildman–Crippen MR) is 113 cm³/mol. The van der Waals surface area contributed by atoms with Crippen molar-refractivity contribution in [2.24, 2.45) is 7.05 Å². The fraction of sp³-hybridized carbons (Fsp3) is 0.0417. The van der Waals surface area contributed by atoms with Gasteiger partial charge in [-0.1, -0.05) is 54.6 Å². The van der Waals surface area contributed by atoms with E-state index in [1.54, 1.807) is 0 Å². The number of aromatic nitrogens is 3. The lowest BCUT2D eigenvalue weighted by molar-refractivity contribution is 1.00. The van der Waals surface area contributed by atoms with E-state index in [-0.39, 0.29) is 0 Å². The highest BCUT2D eigenvalue weighted by molar-refractivity contribution is 6.11. The molecule has 0 bridgehead atoms. The third-order valence-electron chi connectivity index (χ3n) is 5.59. The quantitative estimate of drug-likeness (QED) is 0.367. The van der Waals surface area contributed by atoms with Crippen LogP contribution in [0.2, 0.25) is 0 Å². The van der Waals surface area contributed by atoms with E-state index in [4.69, 9.17) is 4.98 Å². The van der Waals surface area contributed by atoms with Crippen molar-refractivity contribution in [2.45, 2.75) is 0 Å². The minimum absolute atomic E-state index is 0.955. The molecular formula is C24H17N3. The van der Waals surface area contributed by atoms with Crippen LogP contribution in [0.4, 0.5) is 0 Å². The zero-order valence-corrected chi connectivity index (χ0v) is 14.9. The van der Waals surface area contributed by atoms with Crippen LogP contribution in [0.1, 0.15) is 0 Å². The van der Waals surface area contributed by atoms with Gasteiger partial charge in [0.05, 0.1) is 22.7 Å². The smallest absolute Gasteiger partial charge is 0.138 e. The highest BCUT2D eigenvalue weighted by Gasteiger charge is 2.14. The Morgan fingerprint density at radius 3 is 1.74 bits per heavy atom. The number of nitrogens with zero attached hydrogens (tertiary/aromatic N) is 3. The van der Waals surface area contributed by atoms with Gasteiger partial charge in [-0.05, 0) is 24.3 Å². The average Bonchev–Trinajstić information content (AvgIpc) is 3.21. The number of aryl methyl sites for hydroxylation is 1. The minimum Gasteiger partial charge on any atom is -0.342 e. The fourth-order valence-electron chi connectivity index (χ4n) is 4.34. The Bertz CT molecular complexity index is 1430. The van der Waals surface area contributed by atoms with Crippen molar-refractivity contribution in [3.63, 3.8) is 0 Å². The van der Waals surface area contributed by atoms with Gasteiger partial charge in [-0.25, -0.2) is 4.98 Å². The molecule has 27 heavy (non-hydrogen) atoms. The summed E-state index contributed by atoms with van der Waals surface area (Å²) in [6.45, 7) is 0. The lowest BCUT2D eigenvalue weighted by Crippen LogP contribution is -1.97. The fourth-order valence-corrected chi connectivity index (χ4v) is 4.34. The summed E-state index contributed by atoms with van der Waals surface area (Å²) in [6, 6.07) is 27.8. The molecule has 0 unspecified atom stereocenters. The lowest BCUT2D eigenvalue weighted by Gasteiger charge is -2.07. The van der Waals surface area contributed by atoms with Crippen LogP contribution in [0, 0.1) is 0 Å². The largest absolute Gasteiger partial charge is 0.342 e. The molecule has 0 N–H and O–H groups in total. The number of fused-ring (bicyclic) bond motifs is 6. The van der Waals surface area contributed by atoms with E-state index in [0.717, 1.165) is 11.3 Å². The normalized spacial score (nSPS) is 11.9. The first-order chi connectivity index (χ1) is 13.3. The van der Waals surface area contributed by atoms with Crippen molar-refractivity contribution in [2.75, 3.05) is 0 Å². The van der Waals surface area contributed by atoms with Gasteiger partial charge >= 0.3 is 0 Å². The summed E-state index contributed by atoms with van der Waals surface area (Å²) in [5.41, 5.74) is 4.76. The maximum absolute atomic E-state index is 4.85. The number of para-hydroxylation sites is 3. The van der Waals surface area contributed by atoms with Crippen molar-refractivity contribution in [1.29, 1.82) is 0 Å². The Balaban J connectivity index is 1.77. The molecule has 6 rings (SSSR count). The van der Waals surface area contributed by atoms with Crippen LogP contribution in [0.5, 0.6) is 0 Å². The Kier molecular flexibility index (Phi) is 2.81. The molecule has 0 fully saturated rings. The van der Waals surface area contributed by atoms with Crippen LogP contribution in [0.25, 0.3) is 49.4 Å². The Hall–Kier alpha value is -3.59. The minimum atomic E-state index is 0.955. The van der Waals surface area contributed by atoms with Gasteiger partial charge in [0, 0.05) is 34.1 Å². The van der Waals surface area contributed by atoms with Crippen molar-refractivity contribution in [3.8, 4) is 5.82 Å². The molecule has 0 aliphatic heterocycles. The zero-order valence-electron chi connectivity index (χ0n) is 14.9. The van der Waals surface area contributed by atoms with Crippen molar-refractivity contribution in [1.82, 2.24) is 14.1 Å². The third-order valence-corrected chi connectivity index (χ3v) is 5.59. The Labute approximate surface area is 156 Å². The molecule has 0 aliphatic carbocycles. The molecule has 0 spiro atoms. The molecule has 0 saturated heterocycles. The monoisotopic (exact) mass is 347 g/mol. The molecule has 0 aliphatic rings. The van der Waals surface area contributed by atoms with Gasteiger partial charge in [0.1, 0.15) is 5.82 Å². The van der Waals surface area contributed by atoms with E-state index in [1.165, 1.54) is 38.1 Å². The number of benzene rings is 3. The number of hydrogen-bond donors (Lipinski definition) is 0. The van der Waals surface area contributed by atoms with Gasteiger partial charge < -0.3 is 4.57 Å². The van der Waals surface area contributed by atoms with Gasteiger partial charge in [0.2, 0.25) is 0 Å². The highest BCUT2D eigenvalue weighted by atomic mass is 15.1. The first-order valence-corrected chi connectivity index (χ1v) is 9.15. The molecule has 0 amide bonds. The van der Waals surface area contributed by atoms with Gasteiger partial charge in [-0.15, -0.1) is 0 Å². The van der Waals surface area contributed by atoms with Crippen molar-refractivity contribution in [3.05, 3.63) is 85.1 Å². The molecule has 0 radical (unpaired) electrons. The Morgan fingerprint density at radius 1 is 0.593 bits per heavy atom. The summed E-state index contributed by atoms with van der Waals surface area (Å²) < 4.78 is 4.49. The molecule has 3 nitrogen and oxygen atoms in total. The van der Waals surface area contributed by atoms with Gasteiger partial charge in [0.15, 0.2) is 0 Å². The maximum atomic E-state index is 4.85. The van der Waals surface area contributed by atoms with Crippen LogP contribution in [-0.2, 0) is 7.05 Å². The van der Waals surface area contributed by atoms with Crippen LogP contribution < -0.4 is 0 Å². The van der Waals surface area contributed by atoms with Crippen LogP contribution in [-0.4, -0.2) is 14.1 Å². The first-order valence-electron chi connectivity index (χ1n) is 9.15. The molecule has 3 heteroatoms. The van der Waals surface area contributed by atoms with E-state index in [2.05, 4.69) is 95.0 Å². The predicted octanol–water partition coefficient (Wildman–Crippen LogP) is 5.82. The average molecular weight is 347 g/mol. The molecule has 0 saturated carbocycles. The first kappa shape index (κ1) is 14.6. The lowest BCUT2D eigenvalue weighted by atomic mass is 10.2. The van der Waals surface area contributed by atoms with Gasteiger partial charge in [0.25, 0.3) is 0 Å². The van der Waals surface area contributed by atoms with Gasteiger partial charge in [-0.3, -0.25) is 4.57 Å². The second-order valence-electron chi connectivity index (χ2n) is 7.01. The second-order valence-corrected chi connectivity index (χ2v) is 7.01. The molecule has 6 aromatic rings. The summed E-state index contributed by atoms with van der Waals surface area (Å²) in [7, 11) is 2.10. The van der Waals surface area contributed by atoms with Crippen LogP contribution in [0.15, 0.2) is 85.1 Å². The second kappa shape index (κ2) is 5.21. The topological polar surface area (TPSA) is 22.8 Å². The third kappa shape index (κ3) is 1.88. The molecule has 3 heterocycles. The van der Waals surface area contributed by atoms with Gasteiger partial charge in [-0.2, -0.15) is 0 Å². The molecule has 128 valence electrons. The summed E-state index contributed by atoms with van der Waals surface area (Å²) in [5, 5.41) is 5.01. The van der Waals surface area contributed by atoms with E-state index < -0.39 is 0 Å². The number of pyridine rings is 1. The summed E-state index contributed by atoms with van der Waals surface area (Å²) >= 11 is 0. The number of hydrogen-bond acceptors (Lipinski definition) is 1. The summed E-state index contributed by atoms with van der Waals surface area (Å²) in [5.74, 6) is 0.955. The molecular weight excluding hydrogens is 330 g/mol. The van der Waals surface area contributed by atoms with E-state index in [1.807, 2.05) is 6.20 Å². The summed E-state index contributed by atoms with van der Waals surface area (Å²) in [6.07, 6.45) is 1.99. The van der Waals surface area contributed by atoms with Crippen molar-refractivity contribution < 1.29 is 0 Å². The number of rotatable bonds is 1. The van der Waals surface area contributed by atoms with E-state index in [9.17, 15) is 0 Å². The molecule has 0 atom stereocenters. The van der Waals surface area contributed by atoms with E-state index in [0.29, 0.717) is 0 Å². The van der Waals surface area contributed by atoms with E-state index >= 15 is 0 Å². The maximum Gasteiger partial charge on any atom is 0.138 e. The molecule has 3 aromatic carbocycles. The Morgan fingerprint density at radius 2 is 1.11 bits per heavy atom. The SMILES string of the molecule is Cn1c2ccccc2c2cc(-n3c4ccccc4c4ccccc43)ncc21.